The molecule has 2 nitrogen and oxygen atoms in total. The summed E-state index contributed by atoms with van der Waals surface area (Å²) in [5.74, 6) is -0.439. The van der Waals surface area contributed by atoms with Crippen LogP contribution in [0, 0.1) is 5.92 Å². The molecule has 0 unspecified atom stereocenters. The molecule has 4 heteroatoms. The molecule has 2 aliphatic rings. The van der Waals surface area contributed by atoms with Crippen molar-refractivity contribution in [3.8, 4) is 0 Å². The first kappa shape index (κ1) is 10.3. The molecule has 0 saturated carbocycles. The molecule has 82 valence electrons. The zero-order valence-corrected chi connectivity index (χ0v) is 8.51. The maximum absolute atomic E-state index is 12.6. The molecule has 2 rings (SSSR count). The molecule has 2 fully saturated rings. The fourth-order valence-electron chi connectivity index (χ4n) is 3.01. The van der Waals surface area contributed by atoms with E-state index in [2.05, 4.69) is 4.90 Å². The van der Waals surface area contributed by atoms with Gasteiger partial charge in [-0.15, -0.1) is 0 Å². The number of fused-ring (bicyclic) bond motifs is 1. The Labute approximate surface area is 83.2 Å². The first-order valence-corrected chi connectivity index (χ1v) is 5.20. The van der Waals surface area contributed by atoms with Crippen LogP contribution < -0.4 is 0 Å². The second-order valence-electron chi connectivity index (χ2n) is 4.51. The molecule has 0 aliphatic carbocycles. The van der Waals surface area contributed by atoms with Gasteiger partial charge in [-0.2, -0.15) is 0 Å². The van der Waals surface area contributed by atoms with Crippen molar-refractivity contribution in [3.05, 3.63) is 0 Å². The van der Waals surface area contributed by atoms with E-state index in [-0.39, 0.29) is 5.54 Å². The van der Waals surface area contributed by atoms with Crippen LogP contribution in [0.1, 0.15) is 19.3 Å². The molecule has 2 aliphatic heterocycles. The van der Waals surface area contributed by atoms with Crippen molar-refractivity contribution in [3.63, 3.8) is 0 Å². The van der Waals surface area contributed by atoms with E-state index in [0.717, 1.165) is 19.4 Å². The van der Waals surface area contributed by atoms with Crippen molar-refractivity contribution >= 4 is 0 Å². The lowest BCUT2D eigenvalue weighted by atomic mass is 9.91. The Morgan fingerprint density at radius 2 is 2.36 bits per heavy atom. The van der Waals surface area contributed by atoms with Crippen LogP contribution in [0.3, 0.4) is 0 Å². The van der Waals surface area contributed by atoms with Crippen LogP contribution in [0.4, 0.5) is 8.78 Å². The van der Waals surface area contributed by atoms with Gasteiger partial charge in [-0.05, 0) is 25.8 Å². The van der Waals surface area contributed by atoms with Gasteiger partial charge in [0.15, 0.2) is 0 Å². The average Bonchev–Trinajstić information content (AvgIpc) is 2.60. The Kier molecular flexibility index (Phi) is 2.75. The zero-order valence-electron chi connectivity index (χ0n) is 8.51. The summed E-state index contributed by atoms with van der Waals surface area (Å²) >= 11 is 0. The highest BCUT2D eigenvalue weighted by atomic mass is 19.3. The van der Waals surface area contributed by atoms with Crippen LogP contribution in [-0.4, -0.2) is 43.7 Å². The molecule has 0 aromatic heterocycles. The fraction of sp³-hybridized carbons (Fsp3) is 1.00. The lowest BCUT2D eigenvalue weighted by Gasteiger charge is -2.30. The number of hydrogen-bond acceptors (Lipinski definition) is 2. The van der Waals surface area contributed by atoms with Gasteiger partial charge in [-0.3, -0.25) is 4.90 Å². The van der Waals surface area contributed by atoms with Gasteiger partial charge in [0.1, 0.15) is 0 Å². The van der Waals surface area contributed by atoms with E-state index in [1.54, 1.807) is 7.11 Å². The van der Waals surface area contributed by atoms with Gasteiger partial charge >= 0.3 is 0 Å². The van der Waals surface area contributed by atoms with Gasteiger partial charge < -0.3 is 4.74 Å². The summed E-state index contributed by atoms with van der Waals surface area (Å²) in [6.45, 7) is 2.13. The molecular formula is C10H17F2NO. The van der Waals surface area contributed by atoms with Crippen LogP contribution in [0.15, 0.2) is 0 Å². The third-order valence-corrected chi connectivity index (χ3v) is 3.61. The predicted octanol–water partition coefficient (Wildman–Crippen LogP) is 1.75. The molecule has 0 amide bonds. The largest absolute Gasteiger partial charge is 0.383 e. The molecule has 0 radical (unpaired) electrons. The van der Waals surface area contributed by atoms with Gasteiger partial charge in [0.25, 0.3) is 0 Å². The molecule has 2 atom stereocenters. The molecule has 14 heavy (non-hydrogen) atoms. The van der Waals surface area contributed by atoms with Crippen molar-refractivity contribution in [1.29, 1.82) is 0 Å². The first-order chi connectivity index (χ1) is 6.68. The number of hydrogen-bond donors (Lipinski definition) is 0. The molecule has 0 spiro atoms. The summed E-state index contributed by atoms with van der Waals surface area (Å²) in [5, 5.41) is 0. The van der Waals surface area contributed by atoms with Crippen LogP contribution in [0.25, 0.3) is 0 Å². The number of alkyl halides is 2. The number of ether oxygens (including phenoxy) is 1. The van der Waals surface area contributed by atoms with E-state index in [1.807, 2.05) is 0 Å². The van der Waals surface area contributed by atoms with E-state index in [1.165, 1.54) is 0 Å². The normalized spacial score (nSPS) is 38.1. The lowest BCUT2D eigenvalue weighted by molar-refractivity contribution is 0.0616. The Morgan fingerprint density at radius 1 is 1.57 bits per heavy atom. The van der Waals surface area contributed by atoms with Crippen LogP contribution in [0.2, 0.25) is 0 Å². The minimum absolute atomic E-state index is 0.0597. The molecule has 0 N–H and O–H groups in total. The smallest absolute Gasteiger partial charge is 0.242 e. The molecular weight excluding hydrogens is 188 g/mol. The highest BCUT2D eigenvalue weighted by Crippen LogP contribution is 2.43. The van der Waals surface area contributed by atoms with Crippen LogP contribution in [0.5, 0.6) is 0 Å². The van der Waals surface area contributed by atoms with E-state index in [4.69, 9.17) is 4.74 Å². The third-order valence-electron chi connectivity index (χ3n) is 3.61. The van der Waals surface area contributed by atoms with Gasteiger partial charge in [0.05, 0.1) is 6.61 Å². The Morgan fingerprint density at radius 3 is 3.00 bits per heavy atom. The topological polar surface area (TPSA) is 12.5 Å². The van der Waals surface area contributed by atoms with Crippen molar-refractivity contribution in [2.75, 3.05) is 26.8 Å². The zero-order chi connectivity index (χ0) is 10.2. The van der Waals surface area contributed by atoms with Gasteiger partial charge in [-0.25, -0.2) is 8.78 Å². The molecule has 0 bridgehead atoms. The van der Waals surface area contributed by atoms with Crippen molar-refractivity contribution in [2.24, 2.45) is 5.92 Å². The van der Waals surface area contributed by atoms with Crippen LogP contribution >= 0.6 is 0 Å². The second-order valence-corrected chi connectivity index (χ2v) is 4.51. The van der Waals surface area contributed by atoms with Crippen LogP contribution in [-0.2, 0) is 4.74 Å². The average molecular weight is 205 g/mol. The third kappa shape index (κ3) is 1.54. The van der Waals surface area contributed by atoms with Gasteiger partial charge in [0.2, 0.25) is 6.43 Å². The SMILES string of the molecule is COC[C@]12CCCN1C[C@H](C(F)F)C2. The molecule has 2 heterocycles. The fourth-order valence-corrected chi connectivity index (χ4v) is 3.01. The van der Waals surface area contributed by atoms with Crippen molar-refractivity contribution in [1.82, 2.24) is 4.90 Å². The summed E-state index contributed by atoms with van der Waals surface area (Å²) in [7, 11) is 1.65. The first-order valence-electron chi connectivity index (χ1n) is 5.20. The molecule has 2 saturated heterocycles. The van der Waals surface area contributed by atoms with Crippen molar-refractivity contribution < 1.29 is 13.5 Å². The molecule has 0 aromatic rings. The Hall–Kier alpha value is -0.220. The number of rotatable bonds is 3. The lowest BCUT2D eigenvalue weighted by Crippen LogP contribution is -2.42. The Balaban J connectivity index is 2.06. The van der Waals surface area contributed by atoms with Gasteiger partial charge in [0, 0.05) is 25.1 Å². The number of methoxy groups -OCH3 is 1. The maximum atomic E-state index is 12.6. The van der Waals surface area contributed by atoms with Gasteiger partial charge in [-0.1, -0.05) is 0 Å². The summed E-state index contributed by atoms with van der Waals surface area (Å²) < 4.78 is 30.4. The minimum Gasteiger partial charge on any atom is -0.383 e. The minimum atomic E-state index is -2.17. The molecule has 0 aromatic carbocycles. The van der Waals surface area contributed by atoms with E-state index >= 15 is 0 Å². The highest BCUT2D eigenvalue weighted by molar-refractivity contribution is 5.03. The number of nitrogens with zero attached hydrogens (tertiary/aromatic N) is 1. The quantitative estimate of drug-likeness (QED) is 0.696. The summed E-state index contributed by atoms with van der Waals surface area (Å²) in [6.07, 6.45) is 0.580. The predicted molar refractivity (Wildman–Crippen MR) is 49.5 cm³/mol. The summed E-state index contributed by atoms with van der Waals surface area (Å²) in [4.78, 5) is 2.20. The van der Waals surface area contributed by atoms with Crippen molar-refractivity contribution in [2.45, 2.75) is 31.2 Å². The van der Waals surface area contributed by atoms with E-state index in [0.29, 0.717) is 19.6 Å². The summed E-state index contributed by atoms with van der Waals surface area (Å²) in [5.41, 5.74) is -0.0597. The maximum Gasteiger partial charge on any atom is 0.242 e. The van der Waals surface area contributed by atoms with E-state index < -0.39 is 12.3 Å². The Bertz CT molecular complexity index is 212. The second kappa shape index (κ2) is 3.74. The highest BCUT2D eigenvalue weighted by Gasteiger charge is 2.50. The van der Waals surface area contributed by atoms with E-state index in [9.17, 15) is 8.78 Å². The standard InChI is InChI=1S/C10H17F2NO/c1-14-7-10-3-2-4-13(10)6-8(5-10)9(11)12/h8-9H,2-7H2,1H3/t8-,10-/m1/s1. The monoisotopic (exact) mass is 205 g/mol. The number of halogens is 2. The summed E-state index contributed by atoms with van der Waals surface area (Å²) in [6, 6.07) is 0.